The van der Waals surface area contributed by atoms with Crippen LogP contribution in [0.5, 0.6) is 5.75 Å². The Morgan fingerprint density at radius 3 is 2.24 bits per heavy atom. The number of nitro benzene ring substituents is 2. The Bertz CT molecular complexity index is 1420. The number of rotatable bonds is 17. The number of nitro groups is 2. The molecular weight excluding hydrogens is 656 g/mol. The summed E-state index contributed by atoms with van der Waals surface area (Å²) in [7, 11) is 1.44. The van der Waals surface area contributed by atoms with Crippen molar-refractivity contribution in [3.8, 4) is 5.75 Å². The second kappa shape index (κ2) is 17.3. The highest BCUT2D eigenvalue weighted by molar-refractivity contribution is 9.10. The quantitative estimate of drug-likeness (QED) is 0.0773. The number of carbonyl (C=O) groups is 2. The highest BCUT2D eigenvalue weighted by Gasteiger charge is 2.25. The molecule has 0 aliphatic rings. The number of halogens is 1. The zero-order valence-corrected chi connectivity index (χ0v) is 28.0. The van der Waals surface area contributed by atoms with E-state index in [-0.39, 0.29) is 58.6 Å². The number of azo groups is 1. The van der Waals surface area contributed by atoms with Gasteiger partial charge in [-0.1, -0.05) is 27.7 Å². The molecule has 0 spiro atoms. The van der Waals surface area contributed by atoms with Gasteiger partial charge in [-0.3, -0.25) is 29.8 Å². The molecule has 0 saturated heterocycles. The first-order valence-electron chi connectivity index (χ1n) is 14.3. The van der Waals surface area contributed by atoms with Crippen LogP contribution in [0.25, 0.3) is 0 Å². The van der Waals surface area contributed by atoms with Gasteiger partial charge in [0.15, 0.2) is 5.69 Å². The van der Waals surface area contributed by atoms with Gasteiger partial charge >= 0.3 is 11.7 Å². The molecule has 2 aromatic carbocycles. The molecule has 2 aromatic rings. The standard InChI is InChI=1S/C29H39BrN6O9/c1-8-18(4)44-11-9-34(10-12-45-29(38)19(5)17(2)3)25-15-23(31-20(6)37)24(16-27(25)43-7)32-33-28-22(30)13-21(35(39)40)14-26(28)36(41)42/h13-19H,8-12H2,1-7H3,(H,31,37)/b33-32+. The van der Waals surface area contributed by atoms with E-state index in [1.165, 1.54) is 20.1 Å². The summed E-state index contributed by atoms with van der Waals surface area (Å²) in [4.78, 5) is 47.8. The Labute approximate surface area is 269 Å². The summed E-state index contributed by atoms with van der Waals surface area (Å²) in [5.74, 6) is -0.569. The lowest BCUT2D eigenvalue weighted by Gasteiger charge is -2.28. The smallest absolute Gasteiger partial charge is 0.308 e. The molecule has 2 rings (SSSR count). The summed E-state index contributed by atoms with van der Waals surface area (Å²) >= 11 is 3.10. The van der Waals surface area contributed by atoms with Crippen LogP contribution in [0.2, 0.25) is 0 Å². The van der Waals surface area contributed by atoms with Gasteiger partial charge in [0.05, 0.1) is 64.0 Å². The van der Waals surface area contributed by atoms with E-state index in [0.29, 0.717) is 24.6 Å². The van der Waals surface area contributed by atoms with Crippen LogP contribution >= 0.6 is 15.9 Å². The molecule has 246 valence electrons. The van der Waals surface area contributed by atoms with Crippen LogP contribution in [0, 0.1) is 32.1 Å². The van der Waals surface area contributed by atoms with Gasteiger partial charge in [-0.15, -0.1) is 10.2 Å². The maximum Gasteiger partial charge on any atom is 0.308 e. The molecule has 1 N–H and O–H groups in total. The van der Waals surface area contributed by atoms with Crippen molar-refractivity contribution in [2.45, 2.75) is 54.1 Å². The highest BCUT2D eigenvalue weighted by Crippen LogP contribution is 2.43. The van der Waals surface area contributed by atoms with E-state index in [1.54, 1.807) is 6.07 Å². The van der Waals surface area contributed by atoms with Crippen LogP contribution in [0.3, 0.4) is 0 Å². The summed E-state index contributed by atoms with van der Waals surface area (Å²) in [6, 6.07) is 4.96. The first-order chi connectivity index (χ1) is 21.2. The maximum absolute atomic E-state index is 12.5. The van der Waals surface area contributed by atoms with Crippen molar-refractivity contribution in [1.29, 1.82) is 0 Å². The van der Waals surface area contributed by atoms with E-state index in [4.69, 9.17) is 14.2 Å². The van der Waals surface area contributed by atoms with Gasteiger partial charge in [-0.2, -0.15) is 0 Å². The van der Waals surface area contributed by atoms with Crippen molar-refractivity contribution < 1.29 is 33.6 Å². The third-order valence-corrected chi connectivity index (χ3v) is 7.56. The fourth-order valence-electron chi connectivity index (χ4n) is 3.85. The number of benzene rings is 2. The van der Waals surface area contributed by atoms with Gasteiger partial charge in [-0.05, 0) is 41.3 Å². The Balaban J connectivity index is 2.56. The minimum atomic E-state index is -0.807. The summed E-state index contributed by atoms with van der Waals surface area (Å²) in [5, 5.41) is 33.7. The van der Waals surface area contributed by atoms with Gasteiger partial charge in [0.1, 0.15) is 18.0 Å². The Hall–Kier alpha value is -4.18. The van der Waals surface area contributed by atoms with Gasteiger partial charge in [-0.25, -0.2) is 0 Å². The Morgan fingerprint density at radius 2 is 1.69 bits per heavy atom. The van der Waals surface area contributed by atoms with Crippen LogP contribution in [-0.2, 0) is 19.1 Å². The number of nitrogens with one attached hydrogen (secondary N) is 1. The maximum atomic E-state index is 12.5. The second-order valence-corrected chi connectivity index (χ2v) is 11.4. The van der Waals surface area contributed by atoms with Gasteiger partial charge < -0.3 is 24.4 Å². The molecule has 0 aliphatic heterocycles. The molecule has 0 aromatic heterocycles. The topological polar surface area (TPSA) is 188 Å². The van der Waals surface area contributed by atoms with Gasteiger partial charge in [0.25, 0.3) is 5.69 Å². The first kappa shape index (κ1) is 37.0. The number of ether oxygens (including phenoxy) is 3. The fourth-order valence-corrected chi connectivity index (χ4v) is 4.37. The van der Waals surface area contributed by atoms with E-state index in [9.17, 15) is 29.8 Å². The fraction of sp³-hybridized carbons (Fsp3) is 0.517. The lowest BCUT2D eigenvalue weighted by molar-refractivity contribution is -0.393. The summed E-state index contributed by atoms with van der Waals surface area (Å²) in [6.07, 6.45) is 0.850. The molecule has 1 amide bonds. The second-order valence-electron chi connectivity index (χ2n) is 10.5. The number of non-ortho nitro benzene ring substituents is 1. The SMILES string of the molecule is CCC(C)OCCN(CCOC(=O)C(C)C(C)C)c1cc(NC(C)=O)c(/N=N/c2c(Br)cc([N+](=O)[O-])cc2[N+](=O)[O-])cc1OC. The molecule has 15 nitrogen and oxygen atoms in total. The predicted octanol–water partition coefficient (Wildman–Crippen LogP) is 7.10. The Kier molecular flexibility index (Phi) is 14.3. The molecule has 2 unspecified atom stereocenters. The highest BCUT2D eigenvalue weighted by atomic mass is 79.9. The lowest BCUT2D eigenvalue weighted by Crippen LogP contribution is -2.33. The van der Waals surface area contributed by atoms with Crippen LogP contribution < -0.4 is 15.0 Å². The molecule has 0 saturated carbocycles. The Morgan fingerprint density at radius 1 is 1.02 bits per heavy atom. The van der Waals surface area contributed by atoms with Crippen LogP contribution in [0.4, 0.5) is 34.1 Å². The average Bonchev–Trinajstić information content (AvgIpc) is 2.98. The van der Waals surface area contributed by atoms with Crippen molar-refractivity contribution in [3.63, 3.8) is 0 Å². The van der Waals surface area contributed by atoms with E-state index in [2.05, 4.69) is 31.5 Å². The van der Waals surface area contributed by atoms with Crippen LogP contribution in [0.15, 0.2) is 39.0 Å². The van der Waals surface area contributed by atoms with Crippen LogP contribution in [0.1, 0.15) is 48.0 Å². The molecule has 0 aliphatic carbocycles. The monoisotopic (exact) mass is 694 g/mol. The van der Waals surface area contributed by atoms with E-state index >= 15 is 0 Å². The number of amides is 1. The number of nitrogens with zero attached hydrogens (tertiary/aromatic N) is 5. The molecule has 45 heavy (non-hydrogen) atoms. The average molecular weight is 696 g/mol. The van der Waals surface area contributed by atoms with Crippen molar-refractivity contribution in [2.75, 3.05) is 43.6 Å². The van der Waals surface area contributed by atoms with E-state index < -0.39 is 27.1 Å². The lowest BCUT2D eigenvalue weighted by atomic mass is 9.99. The summed E-state index contributed by atoms with van der Waals surface area (Å²) < 4.78 is 17.1. The number of hydrogen-bond donors (Lipinski definition) is 1. The molecular formula is C29H39BrN6O9. The third-order valence-electron chi connectivity index (χ3n) is 6.96. The normalized spacial score (nSPS) is 12.6. The zero-order chi connectivity index (χ0) is 33.8. The van der Waals surface area contributed by atoms with E-state index in [0.717, 1.165) is 18.6 Å². The third kappa shape index (κ3) is 10.7. The molecule has 16 heteroatoms. The predicted molar refractivity (Wildman–Crippen MR) is 172 cm³/mol. The van der Waals surface area contributed by atoms with Gasteiger partial charge in [0.2, 0.25) is 5.91 Å². The number of esters is 1. The van der Waals surface area contributed by atoms with Crippen molar-refractivity contribution in [3.05, 3.63) is 49.0 Å². The molecule has 0 fully saturated rings. The first-order valence-corrected chi connectivity index (χ1v) is 15.1. The number of hydrogen-bond acceptors (Lipinski definition) is 12. The molecule has 0 radical (unpaired) electrons. The zero-order valence-electron chi connectivity index (χ0n) is 26.4. The largest absolute Gasteiger partial charge is 0.494 e. The molecule has 2 atom stereocenters. The van der Waals surface area contributed by atoms with Gasteiger partial charge in [0, 0.05) is 25.6 Å². The summed E-state index contributed by atoms with van der Waals surface area (Å²) in [6.45, 7) is 12.1. The van der Waals surface area contributed by atoms with Crippen LogP contribution in [-0.4, -0.2) is 61.2 Å². The minimum absolute atomic E-state index is 0.0226. The number of carbonyl (C=O) groups excluding carboxylic acids is 2. The van der Waals surface area contributed by atoms with E-state index in [1.807, 2.05) is 39.5 Å². The van der Waals surface area contributed by atoms with Crippen molar-refractivity contribution in [1.82, 2.24) is 0 Å². The summed E-state index contributed by atoms with van der Waals surface area (Å²) in [5.41, 5.74) is -0.566. The minimum Gasteiger partial charge on any atom is -0.494 e. The molecule has 0 bridgehead atoms. The molecule has 0 heterocycles. The number of anilines is 2. The van der Waals surface area contributed by atoms with Crippen molar-refractivity contribution >= 4 is 61.9 Å². The van der Waals surface area contributed by atoms with Crippen molar-refractivity contribution in [2.24, 2.45) is 22.1 Å². The number of methoxy groups -OCH3 is 1.